The average Bonchev–Trinajstić information content (AvgIpc) is 2.62. The lowest BCUT2D eigenvalue weighted by molar-refractivity contribution is -0.129. The molecule has 2 rings (SSSR count). The fraction of sp³-hybridized carbons (Fsp3) is 0.727. The first-order chi connectivity index (χ1) is 12.0. The summed E-state index contributed by atoms with van der Waals surface area (Å²) in [5.74, 6) is 3.08. The molecule has 4 atom stereocenters. The highest BCUT2D eigenvalue weighted by Crippen LogP contribution is 2.40. The number of hydrogen-bond donors (Lipinski definition) is 1. The molecule has 0 spiro atoms. The van der Waals surface area contributed by atoms with Crippen molar-refractivity contribution in [1.82, 2.24) is 10.3 Å². The third kappa shape index (κ3) is 6.13. The number of aromatic nitrogens is 1. The molecule has 1 fully saturated rings. The molecule has 0 radical (unpaired) electrons. The zero-order valence-electron chi connectivity index (χ0n) is 16.5. The molecule has 0 aliphatic heterocycles. The second-order valence-corrected chi connectivity index (χ2v) is 8.34. The highest BCUT2D eigenvalue weighted by molar-refractivity contribution is 5.79. The second kappa shape index (κ2) is 9.94. The number of nitrogens with one attached hydrogen (secondary N) is 1. The normalized spacial score (nSPS) is 24.9. The zero-order chi connectivity index (χ0) is 18.2. The lowest BCUT2D eigenvalue weighted by Crippen LogP contribution is -2.41. The van der Waals surface area contributed by atoms with Gasteiger partial charge >= 0.3 is 0 Å². The SMILES string of the molecule is CCC(C)C[C@@H]1CC[C@@H](C(C)C)C(C(=O)NCCc2cccnc2)C1. The van der Waals surface area contributed by atoms with Crippen LogP contribution < -0.4 is 5.32 Å². The summed E-state index contributed by atoms with van der Waals surface area (Å²) in [5.41, 5.74) is 1.18. The van der Waals surface area contributed by atoms with E-state index in [2.05, 4.69) is 44.1 Å². The molecule has 1 aromatic heterocycles. The number of rotatable bonds is 8. The largest absolute Gasteiger partial charge is 0.356 e. The van der Waals surface area contributed by atoms with E-state index in [1.54, 1.807) is 6.20 Å². The van der Waals surface area contributed by atoms with E-state index in [0.29, 0.717) is 18.4 Å². The lowest BCUT2D eigenvalue weighted by Gasteiger charge is -2.38. The maximum atomic E-state index is 12.9. The van der Waals surface area contributed by atoms with E-state index in [9.17, 15) is 4.79 Å². The van der Waals surface area contributed by atoms with Crippen LogP contribution in [-0.4, -0.2) is 17.4 Å². The van der Waals surface area contributed by atoms with Gasteiger partial charge in [0.15, 0.2) is 0 Å². The van der Waals surface area contributed by atoms with Crippen LogP contribution in [0.25, 0.3) is 0 Å². The Labute approximate surface area is 154 Å². The maximum absolute atomic E-state index is 12.9. The summed E-state index contributed by atoms with van der Waals surface area (Å²) < 4.78 is 0. The average molecular weight is 345 g/mol. The summed E-state index contributed by atoms with van der Waals surface area (Å²) >= 11 is 0. The minimum Gasteiger partial charge on any atom is -0.356 e. The van der Waals surface area contributed by atoms with Gasteiger partial charge < -0.3 is 5.32 Å². The third-order valence-electron chi connectivity index (χ3n) is 6.07. The molecular formula is C22H36N2O. The molecule has 1 heterocycles. The summed E-state index contributed by atoms with van der Waals surface area (Å²) in [5, 5.41) is 3.21. The molecule has 1 aliphatic rings. The first-order valence-corrected chi connectivity index (χ1v) is 10.2. The van der Waals surface area contributed by atoms with Crippen LogP contribution in [0, 0.1) is 29.6 Å². The second-order valence-electron chi connectivity index (χ2n) is 8.34. The minimum absolute atomic E-state index is 0.191. The molecule has 1 N–H and O–H groups in total. The van der Waals surface area contributed by atoms with Crippen LogP contribution in [0.3, 0.4) is 0 Å². The monoisotopic (exact) mass is 344 g/mol. The fourth-order valence-corrected chi connectivity index (χ4v) is 4.34. The van der Waals surface area contributed by atoms with Crippen molar-refractivity contribution in [1.29, 1.82) is 0 Å². The van der Waals surface area contributed by atoms with Crippen molar-refractivity contribution in [2.75, 3.05) is 6.54 Å². The van der Waals surface area contributed by atoms with E-state index < -0.39 is 0 Å². The van der Waals surface area contributed by atoms with Crippen LogP contribution in [0.4, 0.5) is 0 Å². The number of carbonyl (C=O) groups excluding carboxylic acids is 1. The van der Waals surface area contributed by atoms with Crippen LogP contribution >= 0.6 is 0 Å². The van der Waals surface area contributed by atoms with Crippen molar-refractivity contribution in [2.45, 2.75) is 66.2 Å². The molecule has 2 unspecified atom stereocenters. The standard InChI is InChI=1S/C22H36N2O/c1-5-17(4)13-19-8-9-20(16(2)3)21(14-19)22(25)24-12-10-18-7-6-11-23-15-18/h6-7,11,15-17,19-21H,5,8-10,12-14H2,1-4H3,(H,24,25)/t17?,19-,20-,21?/m0/s1. The van der Waals surface area contributed by atoms with Gasteiger partial charge in [0.1, 0.15) is 0 Å². The van der Waals surface area contributed by atoms with Gasteiger partial charge in [-0.05, 0) is 61.0 Å². The minimum atomic E-state index is 0.191. The number of hydrogen-bond acceptors (Lipinski definition) is 2. The fourth-order valence-electron chi connectivity index (χ4n) is 4.34. The zero-order valence-corrected chi connectivity index (χ0v) is 16.5. The molecule has 3 heteroatoms. The lowest BCUT2D eigenvalue weighted by atomic mass is 9.67. The van der Waals surface area contributed by atoms with E-state index in [4.69, 9.17) is 0 Å². The summed E-state index contributed by atoms with van der Waals surface area (Å²) in [7, 11) is 0. The number of pyridine rings is 1. The van der Waals surface area contributed by atoms with Crippen molar-refractivity contribution in [3.63, 3.8) is 0 Å². The predicted octanol–water partition coefficient (Wildman–Crippen LogP) is 4.87. The smallest absolute Gasteiger partial charge is 0.223 e. The van der Waals surface area contributed by atoms with Crippen LogP contribution in [0.1, 0.15) is 65.4 Å². The summed E-state index contributed by atoms with van der Waals surface area (Å²) in [6.45, 7) is 9.87. The Morgan fingerprint density at radius 1 is 1.32 bits per heavy atom. The van der Waals surface area contributed by atoms with E-state index in [-0.39, 0.29) is 11.8 Å². The quantitative estimate of drug-likeness (QED) is 0.731. The number of nitrogens with zero attached hydrogens (tertiary/aromatic N) is 1. The molecule has 1 aliphatic carbocycles. The molecular weight excluding hydrogens is 308 g/mol. The Kier molecular flexibility index (Phi) is 7.92. The molecule has 25 heavy (non-hydrogen) atoms. The molecule has 0 aromatic carbocycles. The highest BCUT2D eigenvalue weighted by Gasteiger charge is 2.36. The Morgan fingerprint density at radius 3 is 2.76 bits per heavy atom. The van der Waals surface area contributed by atoms with Gasteiger partial charge in [0.25, 0.3) is 0 Å². The van der Waals surface area contributed by atoms with E-state index in [0.717, 1.165) is 24.7 Å². The maximum Gasteiger partial charge on any atom is 0.223 e. The van der Waals surface area contributed by atoms with Gasteiger partial charge in [0.2, 0.25) is 5.91 Å². The molecule has 1 aromatic rings. The van der Waals surface area contributed by atoms with Gasteiger partial charge in [-0.2, -0.15) is 0 Å². The summed E-state index contributed by atoms with van der Waals surface area (Å²) in [6, 6.07) is 4.02. The first kappa shape index (κ1) is 19.9. The van der Waals surface area contributed by atoms with Crippen molar-refractivity contribution < 1.29 is 4.79 Å². The first-order valence-electron chi connectivity index (χ1n) is 10.2. The highest BCUT2D eigenvalue weighted by atomic mass is 16.1. The molecule has 140 valence electrons. The molecule has 0 saturated heterocycles. The Morgan fingerprint density at radius 2 is 2.12 bits per heavy atom. The van der Waals surface area contributed by atoms with Crippen LogP contribution in [0.15, 0.2) is 24.5 Å². The van der Waals surface area contributed by atoms with Crippen molar-refractivity contribution in [3.8, 4) is 0 Å². The predicted molar refractivity (Wildman–Crippen MR) is 104 cm³/mol. The van der Waals surface area contributed by atoms with E-state index >= 15 is 0 Å². The van der Waals surface area contributed by atoms with Gasteiger partial charge in [-0.3, -0.25) is 9.78 Å². The number of carbonyl (C=O) groups is 1. The molecule has 1 amide bonds. The third-order valence-corrected chi connectivity index (χ3v) is 6.07. The van der Waals surface area contributed by atoms with Crippen molar-refractivity contribution in [3.05, 3.63) is 30.1 Å². The Balaban J connectivity index is 1.90. The van der Waals surface area contributed by atoms with Crippen LogP contribution in [0.5, 0.6) is 0 Å². The van der Waals surface area contributed by atoms with Crippen LogP contribution in [-0.2, 0) is 11.2 Å². The van der Waals surface area contributed by atoms with Crippen LogP contribution in [0.2, 0.25) is 0 Å². The summed E-state index contributed by atoms with van der Waals surface area (Å²) in [6.07, 6.45) is 10.6. The van der Waals surface area contributed by atoms with Gasteiger partial charge in [-0.25, -0.2) is 0 Å². The van der Waals surface area contributed by atoms with Crippen molar-refractivity contribution in [2.24, 2.45) is 29.6 Å². The topological polar surface area (TPSA) is 42.0 Å². The molecule has 3 nitrogen and oxygen atoms in total. The van der Waals surface area contributed by atoms with E-state index in [1.165, 1.54) is 31.2 Å². The van der Waals surface area contributed by atoms with Gasteiger partial charge in [-0.1, -0.05) is 46.6 Å². The van der Waals surface area contributed by atoms with Gasteiger partial charge in [0, 0.05) is 24.9 Å². The Bertz CT molecular complexity index is 514. The Hall–Kier alpha value is -1.38. The molecule has 1 saturated carbocycles. The van der Waals surface area contributed by atoms with Crippen molar-refractivity contribution >= 4 is 5.91 Å². The summed E-state index contributed by atoms with van der Waals surface area (Å²) in [4.78, 5) is 17.0. The van der Waals surface area contributed by atoms with Gasteiger partial charge in [0.05, 0.1) is 0 Å². The van der Waals surface area contributed by atoms with Gasteiger partial charge in [-0.15, -0.1) is 0 Å². The molecule has 0 bridgehead atoms. The van der Waals surface area contributed by atoms with E-state index in [1.807, 2.05) is 12.3 Å². The number of amides is 1.